The van der Waals surface area contributed by atoms with Gasteiger partial charge in [-0.05, 0) is 31.9 Å². The van der Waals surface area contributed by atoms with Gasteiger partial charge in [-0.25, -0.2) is 4.79 Å². The first-order valence-electron chi connectivity index (χ1n) is 7.35. The smallest absolute Gasteiger partial charge is 0.339 e. The first kappa shape index (κ1) is 14.7. The summed E-state index contributed by atoms with van der Waals surface area (Å²) in [5.74, 6) is 0.358. The number of rotatable bonds is 4. The van der Waals surface area contributed by atoms with E-state index in [2.05, 4.69) is 10.2 Å². The second kappa shape index (κ2) is 6.27. The molecule has 1 aliphatic rings. The highest BCUT2D eigenvalue weighted by atomic mass is 16.6. The van der Waals surface area contributed by atoms with Crippen LogP contribution >= 0.6 is 0 Å². The molecule has 0 saturated carbocycles. The highest BCUT2D eigenvalue weighted by Crippen LogP contribution is 2.24. The van der Waals surface area contributed by atoms with Crippen molar-refractivity contribution in [3.05, 3.63) is 35.7 Å². The van der Waals surface area contributed by atoms with Crippen LogP contribution in [-0.2, 0) is 9.47 Å². The fourth-order valence-electron chi connectivity index (χ4n) is 2.51. The lowest BCUT2D eigenvalue weighted by Crippen LogP contribution is -2.19. The third-order valence-electron chi connectivity index (χ3n) is 3.62. The normalized spacial score (nSPS) is 21.0. The standard InChI is InChI=1S/C16H18N2O4/c1-10-7-8-12(21-10)9-20-16(19)14-6-4-3-5-13(14)15-18-17-11(2)22-15/h3-6,10,12H,7-9H2,1-2H3/t10-,12-/m1/s1. The van der Waals surface area contributed by atoms with Gasteiger partial charge in [-0.1, -0.05) is 12.1 Å². The van der Waals surface area contributed by atoms with Gasteiger partial charge in [0, 0.05) is 6.92 Å². The van der Waals surface area contributed by atoms with E-state index in [0.717, 1.165) is 12.8 Å². The second-order valence-electron chi connectivity index (χ2n) is 5.42. The second-order valence-corrected chi connectivity index (χ2v) is 5.42. The van der Waals surface area contributed by atoms with Gasteiger partial charge in [0.2, 0.25) is 11.8 Å². The maximum Gasteiger partial charge on any atom is 0.339 e. The summed E-state index contributed by atoms with van der Waals surface area (Å²) < 4.78 is 16.4. The number of aryl methyl sites for hydroxylation is 1. The van der Waals surface area contributed by atoms with Gasteiger partial charge in [0.05, 0.1) is 23.3 Å². The molecule has 0 radical (unpaired) electrons. The third-order valence-corrected chi connectivity index (χ3v) is 3.62. The van der Waals surface area contributed by atoms with Gasteiger partial charge in [-0.3, -0.25) is 0 Å². The molecule has 6 heteroatoms. The monoisotopic (exact) mass is 302 g/mol. The van der Waals surface area contributed by atoms with Gasteiger partial charge < -0.3 is 13.9 Å². The van der Waals surface area contributed by atoms with E-state index >= 15 is 0 Å². The van der Waals surface area contributed by atoms with Crippen LogP contribution in [0.5, 0.6) is 0 Å². The molecule has 1 aliphatic heterocycles. The molecule has 2 aromatic rings. The van der Waals surface area contributed by atoms with E-state index in [1.807, 2.05) is 13.0 Å². The Morgan fingerprint density at radius 2 is 2.14 bits per heavy atom. The van der Waals surface area contributed by atoms with Crippen molar-refractivity contribution in [3.63, 3.8) is 0 Å². The average molecular weight is 302 g/mol. The molecule has 1 fully saturated rings. The van der Waals surface area contributed by atoms with Crippen LogP contribution in [0.1, 0.15) is 36.0 Å². The van der Waals surface area contributed by atoms with Crippen molar-refractivity contribution in [2.45, 2.75) is 38.9 Å². The number of nitrogens with zero attached hydrogens (tertiary/aromatic N) is 2. The molecule has 0 bridgehead atoms. The number of ether oxygens (including phenoxy) is 2. The quantitative estimate of drug-likeness (QED) is 0.808. The highest BCUT2D eigenvalue weighted by Gasteiger charge is 2.24. The van der Waals surface area contributed by atoms with Crippen molar-refractivity contribution in [2.75, 3.05) is 6.61 Å². The lowest BCUT2D eigenvalue weighted by atomic mass is 10.1. The Morgan fingerprint density at radius 3 is 2.82 bits per heavy atom. The van der Waals surface area contributed by atoms with E-state index in [1.165, 1.54) is 0 Å². The molecule has 0 amide bonds. The van der Waals surface area contributed by atoms with Crippen LogP contribution in [0, 0.1) is 6.92 Å². The van der Waals surface area contributed by atoms with E-state index in [9.17, 15) is 4.79 Å². The number of benzene rings is 1. The van der Waals surface area contributed by atoms with Crippen molar-refractivity contribution >= 4 is 5.97 Å². The summed E-state index contributed by atoms with van der Waals surface area (Å²) in [6.45, 7) is 3.99. The Labute approximate surface area is 128 Å². The van der Waals surface area contributed by atoms with Crippen molar-refractivity contribution in [1.82, 2.24) is 10.2 Å². The van der Waals surface area contributed by atoms with E-state index in [1.54, 1.807) is 25.1 Å². The molecule has 2 atom stereocenters. The topological polar surface area (TPSA) is 74.5 Å². The van der Waals surface area contributed by atoms with E-state index in [-0.39, 0.29) is 18.8 Å². The van der Waals surface area contributed by atoms with Crippen LogP contribution in [0.4, 0.5) is 0 Å². The van der Waals surface area contributed by atoms with Crippen LogP contribution in [0.2, 0.25) is 0 Å². The molecule has 1 aromatic carbocycles. The Morgan fingerprint density at radius 1 is 1.32 bits per heavy atom. The largest absolute Gasteiger partial charge is 0.459 e. The van der Waals surface area contributed by atoms with E-state index < -0.39 is 5.97 Å². The summed E-state index contributed by atoms with van der Waals surface area (Å²) in [6, 6.07) is 7.04. The van der Waals surface area contributed by atoms with Crippen LogP contribution < -0.4 is 0 Å². The molecule has 3 rings (SSSR count). The first-order chi connectivity index (χ1) is 10.6. The van der Waals surface area contributed by atoms with Crippen molar-refractivity contribution in [3.8, 4) is 11.5 Å². The molecule has 0 spiro atoms. The predicted molar refractivity (Wildman–Crippen MR) is 78.3 cm³/mol. The lowest BCUT2D eigenvalue weighted by molar-refractivity contribution is -0.00262. The van der Waals surface area contributed by atoms with Gasteiger partial charge in [-0.2, -0.15) is 0 Å². The Hall–Kier alpha value is -2.21. The number of aromatic nitrogens is 2. The summed E-state index contributed by atoms with van der Waals surface area (Å²) in [5.41, 5.74) is 0.992. The molecule has 1 saturated heterocycles. The summed E-state index contributed by atoms with van der Waals surface area (Å²) in [7, 11) is 0. The minimum absolute atomic E-state index is 0.0169. The zero-order valence-corrected chi connectivity index (χ0v) is 12.6. The SMILES string of the molecule is Cc1nnc(-c2ccccc2C(=O)OC[C@H]2CC[C@@H](C)O2)o1. The molecule has 2 heterocycles. The molecular weight excluding hydrogens is 284 g/mol. The van der Waals surface area contributed by atoms with Gasteiger partial charge in [-0.15, -0.1) is 10.2 Å². The zero-order chi connectivity index (χ0) is 15.5. The molecule has 116 valence electrons. The maximum absolute atomic E-state index is 12.3. The summed E-state index contributed by atoms with van der Waals surface area (Å²) >= 11 is 0. The van der Waals surface area contributed by atoms with E-state index in [4.69, 9.17) is 13.9 Å². The molecule has 22 heavy (non-hydrogen) atoms. The molecular formula is C16H18N2O4. The average Bonchev–Trinajstić information content (AvgIpc) is 3.13. The van der Waals surface area contributed by atoms with Gasteiger partial charge in [0.15, 0.2) is 0 Å². The Bertz CT molecular complexity index is 668. The summed E-state index contributed by atoms with van der Waals surface area (Å²) in [4.78, 5) is 12.3. The van der Waals surface area contributed by atoms with Gasteiger partial charge in [0.25, 0.3) is 0 Å². The Balaban J connectivity index is 1.72. The molecule has 6 nitrogen and oxygen atoms in total. The maximum atomic E-state index is 12.3. The number of esters is 1. The fraction of sp³-hybridized carbons (Fsp3) is 0.438. The van der Waals surface area contributed by atoms with Crippen LogP contribution in [-0.4, -0.2) is 35.0 Å². The first-order valence-corrected chi connectivity index (χ1v) is 7.35. The van der Waals surface area contributed by atoms with Crippen LogP contribution in [0.3, 0.4) is 0 Å². The number of carbonyl (C=O) groups is 1. The van der Waals surface area contributed by atoms with Crippen LogP contribution in [0.25, 0.3) is 11.5 Å². The number of hydrogen-bond acceptors (Lipinski definition) is 6. The minimum Gasteiger partial charge on any atom is -0.459 e. The molecule has 0 aliphatic carbocycles. The van der Waals surface area contributed by atoms with Crippen molar-refractivity contribution < 1.29 is 18.7 Å². The summed E-state index contributed by atoms with van der Waals surface area (Å²) in [5, 5.41) is 7.75. The van der Waals surface area contributed by atoms with Crippen molar-refractivity contribution in [2.24, 2.45) is 0 Å². The Kier molecular flexibility index (Phi) is 4.20. The number of carbonyl (C=O) groups excluding carboxylic acids is 1. The van der Waals surface area contributed by atoms with Gasteiger partial charge >= 0.3 is 5.97 Å². The highest BCUT2D eigenvalue weighted by molar-refractivity contribution is 5.96. The summed E-state index contributed by atoms with van der Waals surface area (Å²) in [6.07, 6.45) is 2.13. The van der Waals surface area contributed by atoms with Gasteiger partial charge in [0.1, 0.15) is 6.61 Å². The van der Waals surface area contributed by atoms with Crippen molar-refractivity contribution in [1.29, 1.82) is 0 Å². The lowest BCUT2D eigenvalue weighted by Gasteiger charge is -2.12. The molecule has 0 N–H and O–H groups in total. The third kappa shape index (κ3) is 3.17. The predicted octanol–water partition coefficient (Wildman–Crippen LogP) is 2.77. The van der Waals surface area contributed by atoms with E-state index in [0.29, 0.717) is 22.9 Å². The molecule has 0 unspecified atom stereocenters. The fourth-order valence-corrected chi connectivity index (χ4v) is 2.51. The van der Waals surface area contributed by atoms with Crippen LogP contribution in [0.15, 0.2) is 28.7 Å². The molecule has 1 aromatic heterocycles. The zero-order valence-electron chi connectivity index (χ0n) is 12.6. The minimum atomic E-state index is -0.408. The number of hydrogen-bond donors (Lipinski definition) is 0.